The van der Waals surface area contributed by atoms with Gasteiger partial charge in [0.25, 0.3) is 0 Å². The van der Waals surface area contributed by atoms with E-state index in [-0.39, 0.29) is 0 Å². The van der Waals surface area contributed by atoms with Crippen LogP contribution in [0, 0.1) is 5.92 Å². The van der Waals surface area contributed by atoms with E-state index in [4.69, 9.17) is 4.74 Å². The number of ether oxygens (including phenoxy) is 1. The van der Waals surface area contributed by atoms with Gasteiger partial charge in [-0.3, -0.25) is 0 Å². The van der Waals surface area contributed by atoms with E-state index in [2.05, 4.69) is 58.9 Å². The third-order valence-electron chi connectivity index (χ3n) is 5.97. The highest BCUT2D eigenvalue weighted by atomic mass is 16.5. The molecule has 2 atom stereocenters. The summed E-state index contributed by atoms with van der Waals surface area (Å²) in [4.78, 5) is 0. The van der Waals surface area contributed by atoms with E-state index in [1.165, 1.54) is 25.7 Å². The van der Waals surface area contributed by atoms with Crippen molar-refractivity contribution in [1.29, 1.82) is 0 Å². The molecule has 2 aromatic rings. The summed E-state index contributed by atoms with van der Waals surface area (Å²) < 4.78 is 6.28. The van der Waals surface area contributed by atoms with Gasteiger partial charge in [-0.1, -0.05) is 76.8 Å². The molecule has 1 N–H and O–H groups in total. The van der Waals surface area contributed by atoms with Gasteiger partial charge in [0.15, 0.2) is 0 Å². The third kappa shape index (κ3) is 4.43. The van der Waals surface area contributed by atoms with Crippen LogP contribution in [-0.4, -0.2) is 10.7 Å². The smallest absolute Gasteiger partial charge is 0.132 e. The van der Waals surface area contributed by atoms with Gasteiger partial charge in [0.1, 0.15) is 17.1 Å². The van der Waals surface area contributed by atoms with Crippen molar-refractivity contribution in [3.8, 4) is 11.5 Å². The summed E-state index contributed by atoms with van der Waals surface area (Å²) in [7, 11) is 0. The Morgan fingerprint density at radius 1 is 1.04 bits per heavy atom. The third-order valence-corrected chi connectivity index (χ3v) is 5.97. The molecule has 2 nitrogen and oxygen atoms in total. The summed E-state index contributed by atoms with van der Waals surface area (Å²) in [6.07, 6.45) is 7.13. The number of phenolic OH excluding ortho intramolecular Hbond substituents is 1. The number of fused-ring (bicyclic) bond motifs is 1. The molecule has 2 heteroatoms. The van der Waals surface area contributed by atoms with Gasteiger partial charge in [-0.2, -0.15) is 0 Å². The lowest BCUT2D eigenvalue weighted by atomic mass is 9.83. The minimum absolute atomic E-state index is 0.311. The van der Waals surface area contributed by atoms with E-state index in [0.29, 0.717) is 17.6 Å². The fourth-order valence-corrected chi connectivity index (χ4v) is 4.11. The molecule has 0 spiro atoms. The summed E-state index contributed by atoms with van der Waals surface area (Å²) in [6.45, 7) is 11.0. The molecule has 0 aliphatic carbocycles. The van der Waals surface area contributed by atoms with Crippen molar-refractivity contribution >= 4 is 5.57 Å². The van der Waals surface area contributed by atoms with Crippen molar-refractivity contribution in [3.05, 3.63) is 65.2 Å². The first-order valence-electron chi connectivity index (χ1n) is 10.7. The predicted molar refractivity (Wildman–Crippen MR) is 118 cm³/mol. The average Bonchev–Trinajstić information content (AvgIpc) is 2.66. The highest BCUT2D eigenvalue weighted by Crippen LogP contribution is 2.46. The van der Waals surface area contributed by atoms with E-state index in [1.807, 2.05) is 24.3 Å². The van der Waals surface area contributed by atoms with Crippen molar-refractivity contribution in [2.45, 2.75) is 71.8 Å². The van der Waals surface area contributed by atoms with Crippen LogP contribution in [0.3, 0.4) is 0 Å². The molecular weight excluding hydrogens is 344 g/mol. The van der Waals surface area contributed by atoms with Gasteiger partial charge in [-0.05, 0) is 60.6 Å². The molecule has 0 saturated heterocycles. The van der Waals surface area contributed by atoms with Crippen molar-refractivity contribution in [3.63, 3.8) is 0 Å². The maximum atomic E-state index is 11.0. The normalized spacial score (nSPS) is 17.2. The minimum Gasteiger partial charge on any atom is -0.507 e. The summed E-state index contributed by atoms with van der Waals surface area (Å²) >= 11 is 0. The summed E-state index contributed by atoms with van der Waals surface area (Å²) in [5.74, 6) is 2.05. The predicted octanol–water partition coefficient (Wildman–Crippen LogP) is 7.31. The Hall–Kier alpha value is -2.22. The van der Waals surface area contributed by atoms with E-state index >= 15 is 0 Å². The molecular formula is C26H34O2. The second-order valence-electron chi connectivity index (χ2n) is 8.80. The van der Waals surface area contributed by atoms with Crippen LogP contribution in [0.25, 0.3) is 5.57 Å². The Balaban J connectivity index is 1.97. The molecule has 1 aliphatic heterocycles. The van der Waals surface area contributed by atoms with Crippen LogP contribution in [0.5, 0.6) is 11.5 Å². The fraction of sp³-hybridized carbons (Fsp3) is 0.462. The standard InChI is InChI=1S/C26H34O2/c1-6-7-9-12-18(2)19(3)21-15-23(27)25-22(20-13-10-8-11-14-20)17-26(4,5)28-24(25)16-21/h8,10-11,13-19,27H,6-7,9,12H2,1-5H3. The molecule has 0 fully saturated rings. The van der Waals surface area contributed by atoms with Gasteiger partial charge in [0, 0.05) is 0 Å². The van der Waals surface area contributed by atoms with Crippen molar-refractivity contribution in [2.75, 3.05) is 0 Å². The second-order valence-corrected chi connectivity index (χ2v) is 8.80. The lowest BCUT2D eigenvalue weighted by Gasteiger charge is -2.33. The molecule has 0 radical (unpaired) electrons. The monoisotopic (exact) mass is 378 g/mol. The zero-order valence-corrected chi connectivity index (χ0v) is 18.0. The number of unbranched alkanes of at least 4 members (excludes halogenated alkanes) is 2. The number of benzene rings is 2. The van der Waals surface area contributed by atoms with E-state index in [1.54, 1.807) is 0 Å². The molecule has 2 unspecified atom stereocenters. The first-order valence-corrected chi connectivity index (χ1v) is 10.7. The van der Waals surface area contributed by atoms with Crippen molar-refractivity contribution in [2.24, 2.45) is 5.92 Å². The maximum Gasteiger partial charge on any atom is 0.132 e. The fourth-order valence-electron chi connectivity index (χ4n) is 4.11. The summed E-state index contributed by atoms with van der Waals surface area (Å²) in [5.41, 5.74) is 3.69. The van der Waals surface area contributed by atoms with Gasteiger partial charge < -0.3 is 9.84 Å². The SMILES string of the molecule is CCCCCC(C)C(C)c1cc(O)c2c(c1)OC(C)(C)C=C2c1ccccc1. The zero-order chi connectivity index (χ0) is 20.3. The molecule has 0 bridgehead atoms. The number of aromatic hydroxyl groups is 1. The Kier molecular flexibility index (Phi) is 6.17. The van der Waals surface area contributed by atoms with Gasteiger partial charge in [-0.15, -0.1) is 0 Å². The number of phenols is 1. The maximum absolute atomic E-state index is 11.0. The second kappa shape index (κ2) is 8.43. The lowest BCUT2D eigenvalue weighted by molar-refractivity contribution is 0.157. The van der Waals surface area contributed by atoms with Crippen LogP contribution in [0.4, 0.5) is 0 Å². The van der Waals surface area contributed by atoms with Crippen LogP contribution in [-0.2, 0) is 0 Å². The Bertz CT molecular complexity index is 833. The van der Waals surface area contributed by atoms with E-state index in [0.717, 1.165) is 28.0 Å². The van der Waals surface area contributed by atoms with Crippen molar-refractivity contribution < 1.29 is 9.84 Å². The molecule has 3 rings (SSSR count). The Morgan fingerprint density at radius 2 is 1.75 bits per heavy atom. The molecule has 0 aromatic heterocycles. The first kappa shape index (κ1) is 20.5. The molecule has 0 amide bonds. The highest BCUT2D eigenvalue weighted by molar-refractivity contribution is 5.87. The minimum atomic E-state index is -0.417. The molecule has 1 heterocycles. The molecule has 150 valence electrons. The molecule has 2 aromatic carbocycles. The van der Waals surface area contributed by atoms with Gasteiger partial charge in [0.2, 0.25) is 0 Å². The quantitative estimate of drug-likeness (QED) is 0.512. The van der Waals surface area contributed by atoms with Crippen LogP contribution in [0.2, 0.25) is 0 Å². The van der Waals surface area contributed by atoms with E-state index in [9.17, 15) is 5.11 Å². The lowest BCUT2D eigenvalue weighted by Crippen LogP contribution is -2.29. The number of rotatable bonds is 7. The highest BCUT2D eigenvalue weighted by Gasteiger charge is 2.30. The van der Waals surface area contributed by atoms with Crippen LogP contribution in [0.1, 0.15) is 82.9 Å². The van der Waals surface area contributed by atoms with Gasteiger partial charge in [0.05, 0.1) is 5.56 Å². The van der Waals surface area contributed by atoms with Gasteiger partial charge >= 0.3 is 0 Å². The summed E-state index contributed by atoms with van der Waals surface area (Å²) in [6, 6.07) is 14.3. The first-order chi connectivity index (χ1) is 13.3. The van der Waals surface area contributed by atoms with Crippen LogP contribution >= 0.6 is 0 Å². The number of hydrogen-bond acceptors (Lipinski definition) is 2. The van der Waals surface area contributed by atoms with E-state index < -0.39 is 5.60 Å². The average molecular weight is 379 g/mol. The Morgan fingerprint density at radius 3 is 2.43 bits per heavy atom. The van der Waals surface area contributed by atoms with Gasteiger partial charge in [-0.25, -0.2) is 0 Å². The molecule has 28 heavy (non-hydrogen) atoms. The largest absolute Gasteiger partial charge is 0.507 e. The number of hydrogen-bond donors (Lipinski definition) is 1. The Labute approximate surface area is 170 Å². The van der Waals surface area contributed by atoms with Crippen LogP contribution in [0.15, 0.2) is 48.5 Å². The van der Waals surface area contributed by atoms with Crippen LogP contribution < -0.4 is 4.74 Å². The summed E-state index contributed by atoms with van der Waals surface area (Å²) in [5, 5.41) is 11.0. The molecule has 0 saturated carbocycles. The van der Waals surface area contributed by atoms with Crippen molar-refractivity contribution in [1.82, 2.24) is 0 Å². The topological polar surface area (TPSA) is 29.5 Å². The molecule has 1 aliphatic rings. The zero-order valence-electron chi connectivity index (χ0n) is 18.0.